The van der Waals surface area contributed by atoms with E-state index in [1.165, 1.54) is 17.2 Å². The fourth-order valence-electron chi connectivity index (χ4n) is 3.97. The van der Waals surface area contributed by atoms with Gasteiger partial charge in [-0.3, -0.25) is 19.5 Å². The first-order valence-electron chi connectivity index (χ1n) is 11.3. The molecule has 172 valence electrons. The van der Waals surface area contributed by atoms with Crippen LogP contribution in [0.1, 0.15) is 30.9 Å². The molecule has 0 spiro atoms. The molecule has 0 aromatic heterocycles. The van der Waals surface area contributed by atoms with Gasteiger partial charge in [-0.05, 0) is 30.0 Å². The van der Waals surface area contributed by atoms with Crippen molar-refractivity contribution >= 4 is 23.5 Å². The lowest BCUT2D eigenvalue weighted by Crippen LogP contribution is -2.60. The van der Waals surface area contributed by atoms with Crippen molar-refractivity contribution in [1.82, 2.24) is 20.4 Å². The van der Waals surface area contributed by atoms with Crippen LogP contribution in [0.15, 0.2) is 46.9 Å². The van der Waals surface area contributed by atoms with Gasteiger partial charge in [-0.1, -0.05) is 37.8 Å². The van der Waals surface area contributed by atoms with Crippen LogP contribution in [0, 0.1) is 0 Å². The van der Waals surface area contributed by atoms with Crippen LogP contribution in [0.4, 0.5) is 0 Å². The molecule has 3 rings (SSSR count). The second-order valence-corrected chi connectivity index (χ2v) is 8.15. The highest BCUT2D eigenvalue weighted by Gasteiger charge is 2.30. The molecule has 0 bridgehead atoms. The van der Waals surface area contributed by atoms with Crippen LogP contribution in [0.25, 0.3) is 0 Å². The summed E-state index contributed by atoms with van der Waals surface area (Å²) < 4.78 is 0. The van der Waals surface area contributed by atoms with E-state index in [0.29, 0.717) is 32.0 Å². The summed E-state index contributed by atoms with van der Waals surface area (Å²) in [6, 6.07) is 8.68. The molecular formula is C24H34N6O2. The summed E-state index contributed by atoms with van der Waals surface area (Å²) in [7, 11) is 1.62. The normalized spacial score (nSPS) is 17.4. The summed E-state index contributed by atoms with van der Waals surface area (Å²) in [5, 5.41) is 6.11. The predicted octanol–water partition coefficient (Wildman–Crippen LogP) is 1.37. The van der Waals surface area contributed by atoms with E-state index in [9.17, 15) is 9.59 Å². The van der Waals surface area contributed by atoms with Crippen molar-refractivity contribution < 1.29 is 9.59 Å². The maximum atomic E-state index is 12.5. The quantitative estimate of drug-likeness (QED) is 0.365. The standard InChI is InChI=1S/C24H34N6O2/c1-4-21(28-24(25-3)27-20-16-30(17-20)22(31)5-2)23(32)26-12-8-13-29-14-11-18-9-6-7-10-19(18)15-29/h4,6-7,9-10,20H,1,5,8,11-17H2,2-3H3,(H,25,27)(H,26,32)/b28-21+. The number of aliphatic imine (C=N–C) groups is 2. The molecule has 32 heavy (non-hydrogen) atoms. The third kappa shape index (κ3) is 6.26. The largest absolute Gasteiger partial charge is 0.351 e. The number of hydrogen-bond acceptors (Lipinski definition) is 4. The molecule has 1 aromatic carbocycles. The van der Waals surface area contributed by atoms with Crippen molar-refractivity contribution in [1.29, 1.82) is 0 Å². The first-order valence-corrected chi connectivity index (χ1v) is 11.3. The highest BCUT2D eigenvalue weighted by Crippen LogP contribution is 2.18. The molecule has 2 aliphatic rings. The Balaban J connectivity index is 1.40. The molecule has 1 saturated heterocycles. The van der Waals surface area contributed by atoms with Gasteiger partial charge in [0, 0.05) is 52.7 Å². The number of fused-ring (bicyclic) bond motifs is 1. The number of carbonyl (C=O) groups excluding carboxylic acids is 2. The summed E-state index contributed by atoms with van der Waals surface area (Å²) in [6.45, 7) is 10.3. The van der Waals surface area contributed by atoms with E-state index in [1.54, 1.807) is 11.9 Å². The number of carbonyl (C=O) groups is 2. The van der Waals surface area contributed by atoms with Crippen LogP contribution >= 0.6 is 0 Å². The molecule has 2 aliphatic heterocycles. The van der Waals surface area contributed by atoms with Crippen molar-refractivity contribution in [2.24, 2.45) is 9.98 Å². The van der Waals surface area contributed by atoms with Gasteiger partial charge in [0.2, 0.25) is 11.9 Å². The van der Waals surface area contributed by atoms with Crippen LogP contribution < -0.4 is 10.6 Å². The van der Waals surface area contributed by atoms with Crippen LogP contribution in [-0.2, 0) is 22.6 Å². The highest BCUT2D eigenvalue weighted by molar-refractivity contribution is 6.44. The molecule has 0 aliphatic carbocycles. The zero-order valence-electron chi connectivity index (χ0n) is 19.1. The van der Waals surface area contributed by atoms with Crippen molar-refractivity contribution in [3.05, 3.63) is 48.0 Å². The Morgan fingerprint density at radius 3 is 2.69 bits per heavy atom. The third-order valence-electron chi connectivity index (χ3n) is 5.88. The predicted molar refractivity (Wildman–Crippen MR) is 128 cm³/mol. The molecule has 2 amide bonds. The van der Waals surface area contributed by atoms with Crippen LogP contribution in [-0.4, -0.2) is 79.1 Å². The molecule has 8 nitrogen and oxygen atoms in total. The molecule has 1 aromatic rings. The van der Waals surface area contributed by atoms with E-state index in [0.717, 1.165) is 32.5 Å². The Morgan fingerprint density at radius 1 is 1.25 bits per heavy atom. The number of nitrogens with one attached hydrogen (secondary N) is 2. The minimum Gasteiger partial charge on any atom is -0.351 e. The van der Waals surface area contributed by atoms with Gasteiger partial charge in [-0.2, -0.15) is 0 Å². The summed E-state index contributed by atoms with van der Waals surface area (Å²) in [6.07, 6.45) is 3.89. The zero-order chi connectivity index (χ0) is 22.9. The first-order chi connectivity index (χ1) is 15.5. The molecule has 1 fully saturated rings. The molecule has 0 atom stereocenters. The Morgan fingerprint density at radius 2 is 2.00 bits per heavy atom. The number of likely N-dealkylation sites (tertiary alicyclic amines) is 1. The number of rotatable bonds is 8. The summed E-state index contributed by atoms with van der Waals surface area (Å²) in [5.74, 6) is 0.250. The van der Waals surface area contributed by atoms with Crippen molar-refractivity contribution in [2.45, 2.75) is 38.8 Å². The van der Waals surface area contributed by atoms with E-state index in [4.69, 9.17) is 0 Å². The van der Waals surface area contributed by atoms with Gasteiger partial charge in [0.05, 0.1) is 6.04 Å². The van der Waals surface area contributed by atoms with Gasteiger partial charge in [-0.15, -0.1) is 0 Å². The smallest absolute Gasteiger partial charge is 0.270 e. The second kappa shape index (κ2) is 11.6. The van der Waals surface area contributed by atoms with Crippen molar-refractivity contribution in [2.75, 3.05) is 39.8 Å². The van der Waals surface area contributed by atoms with Gasteiger partial charge >= 0.3 is 0 Å². The van der Waals surface area contributed by atoms with Crippen molar-refractivity contribution in [3.8, 4) is 0 Å². The van der Waals surface area contributed by atoms with Gasteiger partial charge in [-0.25, -0.2) is 4.99 Å². The number of benzene rings is 1. The van der Waals surface area contributed by atoms with Crippen LogP contribution in [0.5, 0.6) is 0 Å². The average Bonchev–Trinajstić information content (AvgIpc) is 2.80. The van der Waals surface area contributed by atoms with E-state index in [-0.39, 0.29) is 23.6 Å². The lowest BCUT2D eigenvalue weighted by atomic mass is 10.00. The molecule has 2 N–H and O–H groups in total. The lowest BCUT2D eigenvalue weighted by molar-refractivity contribution is -0.135. The number of guanidine groups is 1. The van der Waals surface area contributed by atoms with Crippen LogP contribution in [0.3, 0.4) is 0 Å². The first kappa shape index (κ1) is 23.7. The van der Waals surface area contributed by atoms with Crippen molar-refractivity contribution in [3.63, 3.8) is 0 Å². The van der Waals surface area contributed by atoms with Crippen LogP contribution in [0.2, 0.25) is 0 Å². The van der Waals surface area contributed by atoms with Gasteiger partial charge < -0.3 is 15.5 Å². The molecule has 0 unspecified atom stereocenters. The Hall–Kier alpha value is -3.00. The molecule has 2 heterocycles. The summed E-state index contributed by atoms with van der Waals surface area (Å²) in [5.41, 5.74) is 3.07. The number of nitrogens with zero attached hydrogens (tertiary/aromatic N) is 4. The zero-order valence-corrected chi connectivity index (χ0v) is 19.1. The van der Waals surface area contributed by atoms with E-state index in [2.05, 4.69) is 56.4 Å². The van der Waals surface area contributed by atoms with E-state index >= 15 is 0 Å². The lowest BCUT2D eigenvalue weighted by Gasteiger charge is -2.39. The Labute approximate surface area is 190 Å². The number of amides is 2. The second-order valence-electron chi connectivity index (χ2n) is 8.15. The average molecular weight is 439 g/mol. The molecular weight excluding hydrogens is 404 g/mol. The highest BCUT2D eigenvalue weighted by atomic mass is 16.2. The fourth-order valence-corrected chi connectivity index (χ4v) is 3.97. The molecule has 0 saturated carbocycles. The minimum atomic E-state index is -0.261. The summed E-state index contributed by atoms with van der Waals surface area (Å²) >= 11 is 0. The van der Waals surface area contributed by atoms with Gasteiger partial charge in [0.25, 0.3) is 5.91 Å². The molecule has 0 radical (unpaired) electrons. The Bertz CT molecular complexity index is 888. The topological polar surface area (TPSA) is 89.4 Å². The van der Waals surface area contributed by atoms with Gasteiger partial charge in [0.15, 0.2) is 0 Å². The summed E-state index contributed by atoms with van der Waals surface area (Å²) in [4.78, 5) is 36.9. The third-order valence-corrected chi connectivity index (χ3v) is 5.88. The maximum absolute atomic E-state index is 12.5. The molecule has 8 heteroatoms. The van der Waals surface area contributed by atoms with E-state index < -0.39 is 0 Å². The SMILES string of the molecule is C=C/C(=N\C(=N/C)NC1CN(C(=O)CC)C1)C(=O)NCCCN1CCc2ccccc2C1. The fraction of sp³-hybridized carbons (Fsp3) is 0.500. The Kier molecular flexibility index (Phi) is 8.56. The maximum Gasteiger partial charge on any atom is 0.270 e. The monoisotopic (exact) mass is 438 g/mol. The van der Waals surface area contributed by atoms with Gasteiger partial charge in [0.1, 0.15) is 5.71 Å². The number of hydrogen-bond donors (Lipinski definition) is 2. The minimum absolute atomic E-state index is 0.0942. The van der Waals surface area contributed by atoms with E-state index in [1.807, 2.05) is 6.92 Å².